The molecule has 0 saturated carbocycles. The number of aromatic nitrogens is 2. The first-order valence-electron chi connectivity index (χ1n) is 13.5. The fourth-order valence-electron chi connectivity index (χ4n) is 4.98. The number of hydrogen-bond acceptors (Lipinski definition) is 7. The van der Waals surface area contributed by atoms with Crippen LogP contribution in [0.15, 0.2) is 54.7 Å². The Morgan fingerprint density at radius 2 is 1.84 bits per heavy atom. The number of benzene rings is 2. The van der Waals surface area contributed by atoms with E-state index >= 15 is 0 Å². The summed E-state index contributed by atoms with van der Waals surface area (Å²) in [6, 6.07) is 16.3. The third-order valence-electron chi connectivity index (χ3n) is 7.07. The third-order valence-corrected chi connectivity index (χ3v) is 7.07. The summed E-state index contributed by atoms with van der Waals surface area (Å²) in [4.78, 5) is 25.6. The lowest BCUT2D eigenvalue weighted by Gasteiger charge is -2.35. The van der Waals surface area contributed by atoms with Crippen LogP contribution in [0, 0.1) is 5.92 Å². The number of para-hydroxylation sites is 1. The largest absolute Gasteiger partial charge is 0.493 e. The highest BCUT2D eigenvalue weighted by atomic mass is 16.5. The number of aryl methyl sites for hydroxylation is 2. The number of nitrogens with zero attached hydrogens (tertiary/aromatic N) is 4. The molecule has 1 N–H and O–H groups in total. The highest BCUT2D eigenvalue weighted by molar-refractivity contribution is 5.88. The molecule has 1 saturated heterocycles. The maximum Gasteiger partial charge on any atom is 0.339 e. The third kappa shape index (κ3) is 6.42. The van der Waals surface area contributed by atoms with Gasteiger partial charge in [0, 0.05) is 45.3 Å². The van der Waals surface area contributed by atoms with Gasteiger partial charge in [0.05, 0.1) is 17.9 Å². The Balaban J connectivity index is 1.17. The fourth-order valence-corrected chi connectivity index (χ4v) is 4.98. The van der Waals surface area contributed by atoms with Gasteiger partial charge in [-0.05, 0) is 48.1 Å². The highest BCUT2D eigenvalue weighted by Crippen LogP contribution is 2.28. The molecule has 3 heterocycles. The molecular weight excluding hydrogens is 480 g/mol. The molecule has 0 amide bonds. The molecule has 1 aromatic heterocycles. The average molecular weight is 517 g/mol. The van der Waals surface area contributed by atoms with Crippen molar-refractivity contribution in [1.29, 1.82) is 0 Å². The first-order chi connectivity index (χ1) is 18.4. The van der Waals surface area contributed by atoms with E-state index in [4.69, 9.17) is 14.5 Å². The van der Waals surface area contributed by atoms with E-state index in [0.717, 1.165) is 56.2 Å². The molecular formula is C30H36N4O4. The maximum atomic E-state index is 11.9. The number of fused-ring (bicyclic) bond motifs is 1. The van der Waals surface area contributed by atoms with E-state index in [1.54, 1.807) is 0 Å². The van der Waals surface area contributed by atoms with Crippen LogP contribution in [0.25, 0.3) is 0 Å². The van der Waals surface area contributed by atoms with E-state index in [-0.39, 0.29) is 11.7 Å². The number of carboxylic acids is 1. The summed E-state index contributed by atoms with van der Waals surface area (Å²) in [6.07, 6.45) is 3.82. The fraction of sp³-hybridized carbons (Fsp3) is 0.433. The Labute approximate surface area is 224 Å². The van der Waals surface area contributed by atoms with E-state index in [1.807, 2.05) is 36.4 Å². The summed E-state index contributed by atoms with van der Waals surface area (Å²) in [5.74, 6) is 1.93. The Kier molecular flexibility index (Phi) is 8.08. The minimum atomic E-state index is -0.994. The standard InChI is InChI=1S/C30H36N4O4/c1-21(2)20-37-24-10-7-22(8-11-24)9-12-27-26(29(35)36)18-31-30(32-27)34-15-13-33(14-16-34)19-25-17-23-5-3-4-6-28(23)38-25/h3-8,10-11,18,21,25H,9,12-17,19-20H2,1-2H3,(H,35,36)/t25-/m1/s1. The number of carboxylic acid groups (broad SMARTS) is 1. The van der Waals surface area contributed by atoms with Gasteiger partial charge in [-0.15, -0.1) is 0 Å². The average Bonchev–Trinajstić information content (AvgIpc) is 3.34. The molecule has 0 bridgehead atoms. The molecule has 0 spiro atoms. The van der Waals surface area contributed by atoms with Crippen LogP contribution < -0.4 is 14.4 Å². The molecule has 8 heteroatoms. The van der Waals surface area contributed by atoms with Crippen LogP contribution in [-0.2, 0) is 19.3 Å². The predicted molar refractivity (Wildman–Crippen MR) is 146 cm³/mol. The highest BCUT2D eigenvalue weighted by Gasteiger charge is 2.27. The molecule has 8 nitrogen and oxygen atoms in total. The summed E-state index contributed by atoms with van der Waals surface area (Å²) in [6.45, 7) is 9.19. The molecule has 2 aliphatic rings. The second-order valence-corrected chi connectivity index (χ2v) is 10.5. The first-order valence-corrected chi connectivity index (χ1v) is 13.5. The monoisotopic (exact) mass is 516 g/mol. The number of rotatable bonds is 10. The molecule has 1 atom stereocenters. The first kappa shape index (κ1) is 26.0. The van der Waals surface area contributed by atoms with Crippen LogP contribution in [0.4, 0.5) is 5.95 Å². The van der Waals surface area contributed by atoms with Gasteiger partial charge in [0.1, 0.15) is 17.6 Å². The zero-order valence-electron chi connectivity index (χ0n) is 22.2. The number of carbonyl (C=O) groups is 1. The molecule has 2 aromatic carbocycles. The van der Waals surface area contributed by atoms with Crippen LogP contribution in [0.1, 0.15) is 41.0 Å². The van der Waals surface area contributed by atoms with Gasteiger partial charge in [0.2, 0.25) is 5.95 Å². The summed E-state index contributed by atoms with van der Waals surface area (Å²) >= 11 is 0. The molecule has 0 aliphatic carbocycles. The van der Waals surface area contributed by atoms with Gasteiger partial charge in [-0.1, -0.05) is 44.2 Å². The lowest BCUT2D eigenvalue weighted by atomic mass is 10.1. The minimum Gasteiger partial charge on any atom is -0.493 e. The Hall–Kier alpha value is -3.65. The van der Waals surface area contributed by atoms with Crippen LogP contribution in [-0.4, -0.2) is 71.4 Å². The van der Waals surface area contributed by atoms with Crippen molar-refractivity contribution in [2.24, 2.45) is 5.92 Å². The zero-order valence-corrected chi connectivity index (χ0v) is 22.2. The number of piperazine rings is 1. The minimum absolute atomic E-state index is 0.169. The van der Waals surface area contributed by atoms with Crippen molar-refractivity contribution in [2.75, 3.05) is 44.2 Å². The van der Waals surface area contributed by atoms with Crippen molar-refractivity contribution >= 4 is 11.9 Å². The summed E-state index contributed by atoms with van der Waals surface area (Å²) in [5, 5.41) is 9.71. The summed E-state index contributed by atoms with van der Waals surface area (Å²) in [7, 11) is 0. The van der Waals surface area contributed by atoms with Gasteiger partial charge in [-0.25, -0.2) is 14.8 Å². The van der Waals surface area contributed by atoms with Gasteiger partial charge in [0.25, 0.3) is 0 Å². The number of ether oxygens (including phenoxy) is 2. The summed E-state index contributed by atoms with van der Waals surface area (Å²) < 4.78 is 11.9. The number of aromatic carboxylic acids is 1. The molecule has 3 aromatic rings. The van der Waals surface area contributed by atoms with Gasteiger partial charge < -0.3 is 19.5 Å². The smallest absolute Gasteiger partial charge is 0.339 e. The molecule has 200 valence electrons. The second-order valence-electron chi connectivity index (χ2n) is 10.5. The van der Waals surface area contributed by atoms with Gasteiger partial charge in [0.15, 0.2) is 0 Å². The van der Waals surface area contributed by atoms with Crippen LogP contribution in [0.5, 0.6) is 11.5 Å². The van der Waals surface area contributed by atoms with Crippen LogP contribution >= 0.6 is 0 Å². The molecule has 0 radical (unpaired) electrons. The van der Waals surface area contributed by atoms with E-state index in [1.165, 1.54) is 11.8 Å². The molecule has 1 fully saturated rings. The van der Waals surface area contributed by atoms with Crippen LogP contribution in [0.3, 0.4) is 0 Å². The molecule has 0 unspecified atom stereocenters. The van der Waals surface area contributed by atoms with E-state index < -0.39 is 5.97 Å². The lowest BCUT2D eigenvalue weighted by Crippen LogP contribution is -2.49. The predicted octanol–water partition coefficient (Wildman–Crippen LogP) is 4.12. The summed E-state index contributed by atoms with van der Waals surface area (Å²) in [5.41, 5.74) is 3.14. The van der Waals surface area contributed by atoms with Crippen molar-refractivity contribution in [3.8, 4) is 11.5 Å². The van der Waals surface area contributed by atoms with Crippen molar-refractivity contribution in [3.05, 3.63) is 77.1 Å². The maximum absolute atomic E-state index is 11.9. The topological polar surface area (TPSA) is 88.0 Å². The van der Waals surface area contributed by atoms with Crippen molar-refractivity contribution in [1.82, 2.24) is 14.9 Å². The van der Waals surface area contributed by atoms with E-state index in [0.29, 0.717) is 37.0 Å². The number of hydrogen-bond donors (Lipinski definition) is 1. The van der Waals surface area contributed by atoms with Gasteiger partial charge in [-0.3, -0.25) is 4.90 Å². The normalized spacial score (nSPS) is 17.3. The molecule has 2 aliphatic heterocycles. The quantitative estimate of drug-likeness (QED) is 0.431. The van der Waals surface area contributed by atoms with Gasteiger partial charge in [-0.2, -0.15) is 0 Å². The molecule has 5 rings (SSSR count). The van der Waals surface area contributed by atoms with E-state index in [9.17, 15) is 9.90 Å². The van der Waals surface area contributed by atoms with Gasteiger partial charge >= 0.3 is 5.97 Å². The van der Waals surface area contributed by atoms with E-state index in [2.05, 4.69) is 40.8 Å². The van der Waals surface area contributed by atoms with Crippen molar-refractivity contribution < 1.29 is 19.4 Å². The number of anilines is 1. The Morgan fingerprint density at radius 3 is 2.55 bits per heavy atom. The molecule has 38 heavy (non-hydrogen) atoms. The Bertz CT molecular complexity index is 1210. The van der Waals surface area contributed by atoms with Crippen LogP contribution in [0.2, 0.25) is 0 Å². The SMILES string of the molecule is CC(C)COc1ccc(CCc2nc(N3CCN(C[C@H]4Cc5ccccc5O4)CC3)ncc2C(=O)O)cc1. The zero-order chi connectivity index (χ0) is 26.5. The Morgan fingerprint density at radius 1 is 1.08 bits per heavy atom. The lowest BCUT2D eigenvalue weighted by molar-refractivity contribution is 0.0694. The van der Waals surface area contributed by atoms with Crippen molar-refractivity contribution in [2.45, 2.75) is 39.2 Å². The van der Waals surface area contributed by atoms with Crippen molar-refractivity contribution in [3.63, 3.8) is 0 Å². The second kappa shape index (κ2) is 11.8.